The van der Waals surface area contributed by atoms with Gasteiger partial charge in [0, 0.05) is 44.5 Å². The summed E-state index contributed by atoms with van der Waals surface area (Å²) < 4.78 is 16.4. The fourth-order valence-corrected chi connectivity index (χ4v) is 3.58. The molecule has 0 radical (unpaired) electrons. The van der Waals surface area contributed by atoms with E-state index in [0.717, 1.165) is 18.4 Å². The standard InChI is InChI=1S/C23H31N5O4/c1-15-12-17(8-11-31-15)32-22(25)18-14-26-21(13-19(18)24)28-23(29)27-20(9-10-30-2)16-6-4-3-5-7-16/h3-7,13-15,17,20,25H,8-12H2,1-2H3,(H4,24,26,27,28,29). The molecule has 2 aromatic rings. The van der Waals surface area contributed by atoms with Crippen molar-refractivity contribution in [2.75, 3.05) is 31.4 Å². The Balaban J connectivity index is 1.60. The third-order valence-corrected chi connectivity index (χ3v) is 5.26. The van der Waals surface area contributed by atoms with Crippen LogP contribution in [-0.4, -0.2) is 49.4 Å². The molecular weight excluding hydrogens is 410 g/mol. The minimum absolute atomic E-state index is 0.0335. The summed E-state index contributed by atoms with van der Waals surface area (Å²) in [6.45, 7) is 3.10. The number of aromatic nitrogens is 1. The molecule has 9 nitrogen and oxygen atoms in total. The number of nitrogens with zero attached hydrogens (tertiary/aromatic N) is 1. The average molecular weight is 442 g/mol. The smallest absolute Gasteiger partial charge is 0.320 e. The summed E-state index contributed by atoms with van der Waals surface area (Å²) in [4.78, 5) is 16.8. The number of anilines is 2. The summed E-state index contributed by atoms with van der Waals surface area (Å²) in [7, 11) is 1.63. The molecule has 9 heteroatoms. The molecule has 2 amide bonds. The van der Waals surface area contributed by atoms with Crippen LogP contribution in [0.5, 0.6) is 0 Å². The molecule has 3 unspecified atom stereocenters. The molecule has 0 aliphatic carbocycles. The van der Waals surface area contributed by atoms with E-state index in [9.17, 15) is 4.79 Å². The molecule has 0 spiro atoms. The van der Waals surface area contributed by atoms with Crippen LogP contribution in [0.2, 0.25) is 0 Å². The number of nitrogen functional groups attached to an aromatic ring is 1. The first kappa shape index (κ1) is 23.5. The highest BCUT2D eigenvalue weighted by Gasteiger charge is 2.23. The Hall–Kier alpha value is -3.17. The summed E-state index contributed by atoms with van der Waals surface area (Å²) in [5, 5.41) is 13.9. The molecule has 5 N–H and O–H groups in total. The summed E-state index contributed by atoms with van der Waals surface area (Å²) in [6.07, 6.45) is 3.53. The molecule has 1 saturated heterocycles. The second-order valence-corrected chi connectivity index (χ2v) is 7.77. The Bertz CT molecular complexity index is 909. The summed E-state index contributed by atoms with van der Waals surface area (Å²) in [5.74, 6) is 0.253. The van der Waals surface area contributed by atoms with E-state index in [1.54, 1.807) is 7.11 Å². The molecule has 1 aliphatic rings. The van der Waals surface area contributed by atoms with Gasteiger partial charge in [-0.2, -0.15) is 0 Å². The SMILES string of the molecule is COCCC(NC(=O)Nc1cc(N)c(C(=N)OC2CCOC(C)C2)cn1)c1ccccc1. The lowest BCUT2D eigenvalue weighted by Crippen LogP contribution is -2.33. The van der Waals surface area contributed by atoms with Crippen molar-refractivity contribution >= 4 is 23.4 Å². The van der Waals surface area contributed by atoms with Crippen LogP contribution in [0.3, 0.4) is 0 Å². The highest BCUT2D eigenvalue weighted by Crippen LogP contribution is 2.22. The van der Waals surface area contributed by atoms with Gasteiger partial charge in [-0.05, 0) is 18.9 Å². The Labute approximate surface area is 188 Å². The van der Waals surface area contributed by atoms with Crippen molar-refractivity contribution < 1.29 is 19.0 Å². The molecule has 3 atom stereocenters. The van der Waals surface area contributed by atoms with Crippen LogP contribution in [0.15, 0.2) is 42.6 Å². The number of nitrogens with two attached hydrogens (primary N) is 1. The van der Waals surface area contributed by atoms with E-state index in [-0.39, 0.29) is 30.0 Å². The van der Waals surface area contributed by atoms with Crippen molar-refractivity contribution in [3.05, 3.63) is 53.7 Å². The number of pyridine rings is 1. The van der Waals surface area contributed by atoms with Gasteiger partial charge in [-0.15, -0.1) is 0 Å². The first-order chi connectivity index (χ1) is 15.5. The second-order valence-electron chi connectivity index (χ2n) is 7.77. The Kier molecular flexibility index (Phi) is 8.41. The molecule has 0 bridgehead atoms. The third-order valence-electron chi connectivity index (χ3n) is 5.26. The van der Waals surface area contributed by atoms with E-state index in [4.69, 9.17) is 25.4 Å². The van der Waals surface area contributed by atoms with Gasteiger partial charge in [-0.25, -0.2) is 9.78 Å². The molecule has 172 valence electrons. The first-order valence-corrected chi connectivity index (χ1v) is 10.7. The van der Waals surface area contributed by atoms with E-state index < -0.39 is 6.03 Å². The topological polar surface area (TPSA) is 132 Å². The van der Waals surface area contributed by atoms with E-state index in [0.29, 0.717) is 30.9 Å². The lowest BCUT2D eigenvalue weighted by Gasteiger charge is -2.28. The average Bonchev–Trinajstić information content (AvgIpc) is 2.77. The van der Waals surface area contributed by atoms with Gasteiger partial charge < -0.3 is 25.3 Å². The largest absolute Gasteiger partial charge is 0.474 e. The maximum absolute atomic E-state index is 12.6. The molecule has 1 fully saturated rings. The number of urea groups is 1. The first-order valence-electron chi connectivity index (χ1n) is 10.7. The van der Waals surface area contributed by atoms with Crippen molar-refractivity contribution in [1.29, 1.82) is 5.41 Å². The Morgan fingerprint density at radius 3 is 2.84 bits per heavy atom. The predicted molar refractivity (Wildman–Crippen MR) is 123 cm³/mol. The van der Waals surface area contributed by atoms with Gasteiger partial charge in [0.2, 0.25) is 5.90 Å². The zero-order valence-corrected chi connectivity index (χ0v) is 18.5. The number of carbonyl (C=O) groups excluding carboxylic acids is 1. The molecule has 0 saturated carbocycles. The number of nitrogens with one attached hydrogen (secondary N) is 3. The fraction of sp³-hybridized carbons (Fsp3) is 0.435. The number of carbonyl (C=O) groups is 1. The van der Waals surface area contributed by atoms with Gasteiger partial charge in [0.15, 0.2) is 0 Å². The molecule has 1 aromatic carbocycles. The minimum atomic E-state index is -0.405. The second kappa shape index (κ2) is 11.4. The molecular formula is C23H31N5O4. The molecule has 1 aromatic heterocycles. The van der Waals surface area contributed by atoms with Gasteiger partial charge in [0.1, 0.15) is 11.9 Å². The molecule has 32 heavy (non-hydrogen) atoms. The van der Waals surface area contributed by atoms with Crippen molar-refractivity contribution in [1.82, 2.24) is 10.3 Å². The van der Waals surface area contributed by atoms with Crippen molar-refractivity contribution in [2.45, 2.75) is 44.4 Å². The van der Waals surface area contributed by atoms with Gasteiger partial charge in [-0.3, -0.25) is 10.7 Å². The van der Waals surface area contributed by atoms with Gasteiger partial charge >= 0.3 is 6.03 Å². The van der Waals surface area contributed by atoms with Crippen molar-refractivity contribution in [2.24, 2.45) is 0 Å². The summed E-state index contributed by atoms with van der Waals surface area (Å²) >= 11 is 0. The van der Waals surface area contributed by atoms with Crippen LogP contribution in [0, 0.1) is 5.41 Å². The van der Waals surface area contributed by atoms with Gasteiger partial charge in [0.05, 0.1) is 24.3 Å². The zero-order valence-electron chi connectivity index (χ0n) is 18.5. The van der Waals surface area contributed by atoms with E-state index in [1.165, 1.54) is 12.3 Å². The van der Waals surface area contributed by atoms with E-state index >= 15 is 0 Å². The zero-order chi connectivity index (χ0) is 22.9. The number of hydrogen-bond acceptors (Lipinski definition) is 7. The fourth-order valence-electron chi connectivity index (χ4n) is 3.58. The van der Waals surface area contributed by atoms with Crippen LogP contribution in [0.1, 0.15) is 43.4 Å². The van der Waals surface area contributed by atoms with Crippen LogP contribution < -0.4 is 16.4 Å². The van der Waals surface area contributed by atoms with Crippen LogP contribution in [0.25, 0.3) is 0 Å². The number of rotatable bonds is 8. The lowest BCUT2D eigenvalue weighted by atomic mass is 10.0. The maximum Gasteiger partial charge on any atom is 0.320 e. The van der Waals surface area contributed by atoms with Gasteiger partial charge in [-0.1, -0.05) is 30.3 Å². The van der Waals surface area contributed by atoms with E-state index in [2.05, 4.69) is 15.6 Å². The number of methoxy groups -OCH3 is 1. The molecule has 1 aliphatic heterocycles. The molecule has 2 heterocycles. The lowest BCUT2D eigenvalue weighted by molar-refractivity contribution is -0.0291. The number of benzene rings is 1. The van der Waals surface area contributed by atoms with Crippen LogP contribution in [0.4, 0.5) is 16.3 Å². The maximum atomic E-state index is 12.6. The van der Waals surface area contributed by atoms with Crippen LogP contribution >= 0.6 is 0 Å². The monoisotopic (exact) mass is 441 g/mol. The highest BCUT2D eigenvalue weighted by molar-refractivity contribution is 5.98. The van der Waals surface area contributed by atoms with Gasteiger partial charge in [0.25, 0.3) is 0 Å². The summed E-state index contributed by atoms with van der Waals surface area (Å²) in [5.41, 5.74) is 7.79. The Morgan fingerprint density at radius 1 is 1.38 bits per heavy atom. The normalized spacial score (nSPS) is 19.1. The predicted octanol–water partition coefficient (Wildman–Crippen LogP) is 3.47. The van der Waals surface area contributed by atoms with E-state index in [1.807, 2.05) is 37.3 Å². The Morgan fingerprint density at radius 2 is 2.16 bits per heavy atom. The minimum Gasteiger partial charge on any atom is -0.474 e. The number of hydrogen-bond donors (Lipinski definition) is 4. The summed E-state index contributed by atoms with van der Waals surface area (Å²) in [6, 6.07) is 10.6. The van der Waals surface area contributed by atoms with Crippen molar-refractivity contribution in [3.8, 4) is 0 Å². The third kappa shape index (κ3) is 6.66. The quantitative estimate of drug-likeness (QED) is 0.366. The van der Waals surface area contributed by atoms with Crippen LogP contribution in [-0.2, 0) is 14.2 Å². The molecule has 3 rings (SSSR count). The highest BCUT2D eigenvalue weighted by atomic mass is 16.5. The van der Waals surface area contributed by atoms with Crippen molar-refractivity contribution in [3.63, 3.8) is 0 Å². The number of ether oxygens (including phenoxy) is 3. The number of amides is 2.